The highest BCUT2D eigenvalue weighted by molar-refractivity contribution is 5.80. The van der Waals surface area contributed by atoms with Gasteiger partial charge in [-0.05, 0) is 49.9 Å². The third-order valence-corrected chi connectivity index (χ3v) is 4.02. The highest BCUT2D eigenvalue weighted by atomic mass is 16.6. The average Bonchev–Trinajstić information content (AvgIpc) is 2.61. The van der Waals surface area contributed by atoms with E-state index < -0.39 is 5.97 Å². The Hall–Kier alpha value is -2.82. The summed E-state index contributed by atoms with van der Waals surface area (Å²) < 4.78 is 10.4. The number of ether oxygens (including phenoxy) is 2. The van der Waals surface area contributed by atoms with Gasteiger partial charge in [-0.15, -0.1) is 0 Å². The normalized spacial score (nSPS) is 10.3. The van der Waals surface area contributed by atoms with Crippen molar-refractivity contribution in [1.29, 1.82) is 0 Å². The van der Waals surface area contributed by atoms with Gasteiger partial charge in [-0.3, -0.25) is 4.79 Å². The van der Waals surface area contributed by atoms with E-state index in [9.17, 15) is 9.59 Å². The highest BCUT2D eigenvalue weighted by Crippen LogP contribution is 2.18. The Morgan fingerprint density at radius 2 is 1.73 bits per heavy atom. The van der Waals surface area contributed by atoms with Crippen molar-refractivity contribution in [2.75, 3.05) is 19.8 Å². The van der Waals surface area contributed by atoms with Crippen LogP contribution in [0.5, 0.6) is 5.75 Å². The van der Waals surface area contributed by atoms with Crippen molar-refractivity contribution in [3.8, 4) is 5.75 Å². The molecule has 26 heavy (non-hydrogen) atoms. The minimum atomic E-state index is -0.570. The molecule has 2 rings (SSSR count). The summed E-state index contributed by atoms with van der Waals surface area (Å²) in [4.78, 5) is 23.5. The summed E-state index contributed by atoms with van der Waals surface area (Å²) >= 11 is 0. The number of hydrogen-bond donors (Lipinski definition) is 1. The van der Waals surface area contributed by atoms with E-state index in [0.29, 0.717) is 12.3 Å². The number of esters is 1. The largest absolute Gasteiger partial charge is 0.482 e. The molecule has 1 N–H and O–H groups in total. The first-order chi connectivity index (χ1) is 12.5. The lowest BCUT2D eigenvalue weighted by molar-refractivity contribution is -0.150. The van der Waals surface area contributed by atoms with Crippen LogP contribution in [0.3, 0.4) is 0 Å². The summed E-state index contributed by atoms with van der Waals surface area (Å²) in [6.07, 6.45) is 0.738. The van der Waals surface area contributed by atoms with Crippen LogP contribution in [0.1, 0.15) is 22.3 Å². The van der Waals surface area contributed by atoms with Gasteiger partial charge in [-0.2, -0.15) is 0 Å². The smallest absolute Gasteiger partial charge is 0.344 e. The third-order valence-electron chi connectivity index (χ3n) is 4.02. The molecule has 0 saturated carbocycles. The summed E-state index contributed by atoms with van der Waals surface area (Å²) in [5.74, 6) is -0.257. The van der Waals surface area contributed by atoms with Gasteiger partial charge in [0.2, 0.25) is 0 Å². The third kappa shape index (κ3) is 6.24. The van der Waals surface area contributed by atoms with Crippen molar-refractivity contribution in [2.45, 2.75) is 27.2 Å². The van der Waals surface area contributed by atoms with E-state index in [1.165, 1.54) is 11.1 Å². The second kappa shape index (κ2) is 9.61. The molecule has 5 nitrogen and oxygen atoms in total. The van der Waals surface area contributed by atoms with Crippen LogP contribution in [0.15, 0.2) is 42.5 Å². The number of amides is 1. The van der Waals surface area contributed by atoms with E-state index in [1.54, 1.807) is 0 Å². The van der Waals surface area contributed by atoms with Gasteiger partial charge in [0, 0.05) is 6.54 Å². The molecule has 2 aromatic carbocycles. The molecule has 0 spiro atoms. The monoisotopic (exact) mass is 355 g/mol. The van der Waals surface area contributed by atoms with Crippen LogP contribution in [-0.2, 0) is 20.7 Å². The van der Waals surface area contributed by atoms with Crippen molar-refractivity contribution in [1.82, 2.24) is 5.32 Å². The van der Waals surface area contributed by atoms with Crippen molar-refractivity contribution in [2.24, 2.45) is 0 Å². The van der Waals surface area contributed by atoms with E-state index in [0.717, 1.165) is 17.5 Å². The Labute approximate surface area is 154 Å². The molecule has 0 bridgehead atoms. The Kier molecular flexibility index (Phi) is 7.21. The molecule has 0 fully saturated rings. The molecular weight excluding hydrogens is 330 g/mol. The topological polar surface area (TPSA) is 64.6 Å². The van der Waals surface area contributed by atoms with E-state index in [2.05, 4.69) is 5.32 Å². The Morgan fingerprint density at radius 1 is 0.962 bits per heavy atom. The van der Waals surface area contributed by atoms with Gasteiger partial charge in [0.25, 0.3) is 5.91 Å². The summed E-state index contributed by atoms with van der Waals surface area (Å²) in [5.41, 5.74) is 4.45. The molecule has 0 unspecified atom stereocenters. The molecule has 0 saturated heterocycles. The minimum Gasteiger partial charge on any atom is -0.482 e. The van der Waals surface area contributed by atoms with Crippen molar-refractivity contribution >= 4 is 11.9 Å². The molecule has 0 aliphatic rings. The number of rotatable bonds is 8. The van der Waals surface area contributed by atoms with Crippen molar-refractivity contribution in [3.63, 3.8) is 0 Å². The zero-order valence-electron chi connectivity index (χ0n) is 15.5. The maximum atomic E-state index is 11.8. The molecule has 5 heteroatoms. The first-order valence-corrected chi connectivity index (χ1v) is 8.62. The zero-order valence-corrected chi connectivity index (χ0v) is 15.5. The number of benzene rings is 2. The predicted molar refractivity (Wildman–Crippen MR) is 100 cm³/mol. The van der Waals surface area contributed by atoms with E-state index >= 15 is 0 Å². The summed E-state index contributed by atoms with van der Waals surface area (Å²) in [6, 6.07) is 13.7. The first kappa shape index (κ1) is 19.5. The lowest BCUT2D eigenvalue weighted by atomic mass is 10.1. The minimum absolute atomic E-state index is 0.222. The fourth-order valence-corrected chi connectivity index (χ4v) is 2.56. The summed E-state index contributed by atoms with van der Waals surface area (Å²) in [5, 5.41) is 2.75. The van der Waals surface area contributed by atoms with Gasteiger partial charge >= 0.3 is 5.97 Å². The summed E-state index contributed by atoms with van der Waals surface area (Å²) in [6.45, 7) is 5.91. The lowest BCUT2D eigenvalue weighted by Crippen LogP contribution is -2.31. The fraction of sp³-hybridized carbons (Fsp3) is 0.333. The molecule has 0 aromatic heterocycles. The lowest BCUT2D eigenvalue weighted by Gasteiger charge is -2.10. The van der Waals surface area contributed by atoms with Gasteiger partial charge in [-0.25, -0.2) is 4.79 Å². The molecule has 0 aliphatic heterocycles. The van der Waals surface area contributed by atoms with Crippen LogP contribution in [0.2, 0.25) is 0 Å². The number of carbonyl (C=O) groups excluding carboxylic acids is 2. The van der Waals surface area contributed by atoms with Crippen molar-refractivity contribution in [3.05, 3.63) is 64.7 Å². The van der Waals surface area contributed by atoms with Crippen LogP contribution in [0.4, 0.5) is 0 Å². The predicted octanol–water partition coefficient (Wildman–Crippen LogP) is 2.89. The molecule has 0 radical (unpaired) electrons. The van der Waals surface area contributed by atoms with Crippen LogP contribution >= 0.6 is 0 Å². The molecule has 1 amide bonds. The average molecular weight is 355 g/mol. The Balaban J connectivity index is 1.65. The Morgan fingerprint density at radius 3 is 2.46 bits per heavy atom. The number of aryl methyl sites for hydroxylation is 3. The van der Waals surface area contributed by atoms with Crippen LogP contribution in [0.25, 0.3) is 0 Å². The number of nitrogens with one attached hydrogen (secondary N) is 1. The maximum absolute atomic E-state index is 11.8. The number of carbonyl (C=O) groups is 2. The Bertz CT molecular complexity index is 770. The molecular formula is C21H25NO4. The second-order valence-electron chi connectivity index (χ2n) is 6.24. The van der Waals surface area contributed by atoms with Gasteiger partial charge in [-0.1, -0.05) is 42.0 Å². The second-order valence-corrected chi connectivity index (χ2v) is 6.24. The van der Waals surface area contributed by atoms with Crippen molar-refractivity contribution < 1.29 is 19.1 Å². The molecule has 138 valence electrons. The highest BCUT2D eigenvalue weighted by Gasteiger charge is 2.09. The van der Waals surface area contributed by atoms with Gasteiger partial charge in [0.15, 0.2) is 13.2 Å². The number of hydrogen-bond acceptors (Lipinski definition) is 4. The van der Waals surface area contributed by atoms with E-state index in [4.69, 9.17) is 9.47 Å². The van der Waals surface area contributed by atoms with Crippen LogP contribution in [-0.4, -0.2) is 31.6 Å². The fourth-order valence-electron chi connectivity index (χ4n) is 2.56. The van der Waals surface area contributed by atoms with E-state index in [-0.39, 0.29) is 19.1 Å². The van der Waals surface area contributed by atoms with E-state index in [1.807, 2.05) is 63.2 Å². The van der Waals surface area contributed by atoms with Gasteiger partial charge in [0.05, 0.1) is 0 Å². The quantitative estimate of drug-likeness (QED) is 0.740. The SMILES string of the molecule is Cc1ccc(OCC(=O)OCC(=O)NCCc2ccccc2C)c(C)c1. The van der Waals surface area contributed by atoms with Gasteiger partial charge in [0.1, 0.15) is 5.75 Å². The molecule has 0 aliphatic carbocycles. The first-order valence-electron chi connectivity index (χ1n) is 8.62. The molecule has 2 aromatic rings. The zero-order chi connectivity index (χ0) is 18.9. The van der Waals surface area contributed by atoms with Crippen LogP contribution in [0, 0.1) is 20.8 Å². The maximum Gasteiger partial charge on any atom is 0.344 e. The van der Waals surface area contributed by atoms with Crippen LogP contribution < -0.4 is 10.1 Å². The summed E-state index contributed by atoms with van der Waals surface area (Å²) in [7, 11) is 0. The molecule has 0 atom stereocenters. The standard InChI is InChI=1S/C21H25NO4/c1-15-8-9-19(17(3)12-15)25-14-21(24)26-13-20(23)22-11-10-18-7-5-4-6-16(18)2/h4-9,12H,10-11,13-14H2,1-3H3,(H,22,23). The molecule has 0 heterocycles. The van der Waals surface area contributed by atoms with Gasteiger partial charge < -0.3 is 14.8 Å².